The van der Waals surface area contributed by atoms with E-state index in [0.717, 1.165) is 0 Å². The molecule has 0 aromatic carbocycles. The van der Waals surface area contributed by atoms with Gasteiger partial charge in [0.05, 0.1) is 6.61 Å². The second kappa shape index (κ2) is 7.41. The number of carbonyl (C=O) groups excluding carboxylic acids is 2. The maximum atomic E-state index is 12.2. The van der Waals surface area contributed by atoms with Crippen molar-refractivity contribution in [2.24, 2.45) is 10.8 Å². The van der Waals surface area contributed by atoms with Gasteiger partial charge in [-0.25, -0.2) is 9.59 Å². The molecule has 0 spiro atoms. The lowest BCUT2D eigenvalue weighted by Crippen LogP contribution is -2.51. The number of hydrogen-bond acceptors (Lipinski definition) is 4. The van der Waals surface area contributed by atoms with E-state index in [4.69, 9.17) is 9.47 Å². The first-order valence-corrected chi connectivity index (χ1v) is 8.27. The maximum Gasteiger partial charge on any atom is 0.410 e. The minimum Gasteiger partial charge on any atom is -0.449 e. The van der Waals surface area contributed by atoms with Gasteiger partial charge in [0.15, 0.2) is 0 Å². The Balaban J connectivity index is 2.40. The molecule has 0 aliphatic carbocycles. The van der Waals surface area contributed by atoms with Crippen LogP contribution in [0, 0.1) is 10.8 Å². The number of piperazine rings is 1. The van der Waals surface area contributed by atoms with E-state index in [-0.39, 0.29) is 29.1 Å². The molecule has 2 amide bonds. The summed E-state index contributed by atoms with van der Waals surface area (Å²) >= 11 is 0. The Morgan fingerprint density at radius 2 is 1.35 bits per heavy atom. The molecule has 0 aromatic heterocycles. The molecule has 23 heavy (non-hydrogen) atoms. The van der Waals surface area contributed by atoms with Gasteiger partial charge in [-0.2, -0.15) is 0 Å². The fourth-order valence-electron chi connectivity index (χ4n) is 1.84. The maximum absolute atomic E-state index is 12.2. The van der Waals surface area contributed by atoms with Gasteiger partial charge in [-0.15, -0.1) is 0 Å². The van der Waals surface area contributed by atoms with E-state index in [1.54, 1.807) is 9.80 Å². The van der Waals surface area contributed by atoms with Crippen LogP contribution in [-0.2, 0) is 9.47 Å². The molecule has 0 N–H and O–H groups in total. The molecule has 0 saturated carbocycles. The van der Waals surface area contributed by atoms with Crippen molar-refractivity contribution >= 4 is 12.2 Å². The lowest BCUT2D eigenvalue weighted by Gasteiger charge is -2.36. The number of nitrogens with zero attached hydrogens (tertiary/aromatic N) is 2. The highest BCUT2D eigenvalue weighted by Crippen LogP contribution is 2.22. The predicted octanol–water partition coefficient (Wildman–Crippen LogP) is 3.36. The molecule has 1 aliphatic heterocycles. The molecule has 1 atom stereocenters. The molecule has 6 heteroatoms. The summed E-state index contributed by atoms with van der Waals surface area (Å²) in [4.78, 5) is 27.4. The molecule has 1 aliphatic rings. The molecule has 1 rings (SSSR count). The van der Waals surface area contributed by atoms with Gasteiger partial charge >= 0.3 is 12.2 Å². The fraction of sp³-hybridized carbons (Fsp3) is 0.882. The number of rotatable bonds is 2. The highest BCUT2D eigenvalue weighted by Gasteiger charge is 2.30. The molecule has 1 unspecified atom stereocenters. The van der Waals surface area contributed by atoms with E-state index in [1.807, 2.05) is 48.5 Å². The SMILES string of the molecule is CC(OC(=O)N1CCN(C(=O)OCC(C)(C)C)CC1)C(C)(C)C. The summed E-state index contributed by atoms with van der Waals surface area (Å²) in [5, 5.41) is 0. The van der Waals surface area contributed by atoms with Gasteiger partial charge in [0, 0.05) is 26.2 Å². The zero-order valence-corrected chi connectivity index (χ0v) is 15.6. The van der Waals surface area contributed by atoms with Crippen molar-refractivity contribution in [3.05, 3.63) is 0 Å². The summed E-state index contributed by atoms with van der Waals surface area (Å²) in [6.07, 6.45) is -0.782. The third-order valence-electron chi connectivity index (χ3n) is 3.92. The van der Waals surface area contributed by atoms with Crippen LogP contribution in [0.25, 0.3) is 0 Å². The molecule has 134 valence electrons. The molecule has 1 saturated heterocycles. The van der Waals surface area contributed by atoms with E-state index >= 15 is 0 Å². The van der Waals surface area contributed by atoms with E-state index in [0.29, 0.717) is 32.8 Å². The third kappa shape index (κ3) is 6.67. The second-order valence-corrected chi connectivity index (χ2v) is 8.48. The smallest absolute Gasteiger partial charge is 0.410 e. The van der Waals surface area contributed by atoms with E-state index < -0.39 is 0 Å². The van der Waals surface area contributed by atoms with Crippen molar-refractivity contribution in [1.29, 1.82) is 0 Å². The first-order chi connectivity index (χ1) is 10.4. The van der Waals surface area contributed by atoms with Crippen LogP contribution in [0.5, 0.6) is 0 Å². The van der Waals surface area contributed by atoms with Gasteiger partial charge in [0.1, 0.15) is 6.10 Å². The molecule has 1 fully saturated rings. The van der Waals surface area contributed by atoms with Crippen LogP contribution in [0.15, 0.2) is 0 Å². The van der Waals surface area contributed by atoms with Gasteiger partial charge in [-0.05, 0) is 17.8 Å². The summed E-state index contributed by atoms with van der Waals surface area (Å²) in [6, 6.07) is 0. The average molecular weight is 328 g/mol. The Labute approximate surface area is 140 Å². The number of ether oxygens (including phenoxy) is 2. The largest absolute Gasteiger partial charge is 0.449 e. The third-order valence-corrected chi connectivity index (χ3v) is 3.92. The Bertz CT molecular complexity index is 415. The van der Waals surface area contributed by atoms with Crippen LogP contribution in [0.1, 0.15) is 48.5 Å². The Morgan fingerprint density at radius 1 is 0.913 bits per heavy atom. The molecule has 0 bridgehead atoms. The molecular formula is C17H32N2O4. The first-order valence-electron chi connectivity index (χ1n) is 8.27. The van der Waals surface area contributed by atoms with Gasteiger partial charge in [0.25, 0.3) is 0 Å². The number of hydrogen-bond donors (Lipinski definition) is 0. The van der Waals surface area contributed by atoms with E-state index in [9.17, 15) is 9.59 Å². The minimum absolute atomic E-state index is 0.0512. The van der Waals surface area contributed by atoms with Crippen LogP contribution in [-0.4, -0.2) is 60.9 Å². The van der Waals surface area contributed by atoms with Gasteiger partial charge in [-0.1, -0.05) is 41.5 Å². The summed E-state index contributed by atoms with van der Waals surface area (Å²) in [5.74, 6) is 0. The highest BCUT2D eigenvalue weighted by molar-refractivity contribution is 5.70. The summed E-state index contributed by atoms with van der Waals surface area (Å²) < 4.78 is 10.8. The Kier molecular flexibility index (Phi) is 6.31. The van der Waals surface area contributed by atoms with Crippen molar-refractivity contribution in [2.75, 3.05) is 32.8 Å². The van der Waals surface area contributed by atoms with Crippen LogP contribution in [0.4, 0.5) is 9.59 Å². The lowest BCUT2D eigenvalue weighted by atomic mass is 9.90. The van der Waals surface area contributed by atoms with Gasteiger partial charge in [-0.3, -0.25) is 0 Å². The summed E-state index contributed by atoms with van der Waals surface area (Å²) in [7, 11) is 0. The number of carbonyl (C=O) groups is 2. The summed E-state index contributed by atoms with van der Waals surface area (Å²) in [6.45, 7) is 16.3. The molecule has 0 radical (unpaired) electrons. The molecule has 6 nitrogen and oxygen atoms in total. The van der Waals surface area contributed by atoms with Crippen LogP contribution in [0.3, 0.4) is 0 Å². The zero-order valence-electron chi connectivity index (χ0n) is 15.6. The normalized spacial score (nSPS) is 17.7. The van der Waals surface area contributed by atoms with Crippen molar-refractivity contribution in [2.45, 2.75) is 54.6 Å². The van der Waals surface area contributed by atoms with Gasteiger partial charge in [0.2, 0.25) is 0 Å². The highest BCUT2D eigenvalue weighted by atomic mass is 16.6. The molecular weight excluding hydrogens is 296 g/mol. The summed E-state index contributed by atoms with van der Waals surface area (Å²) in [5.41, 5.74) is -0.140. The Hall–Kier alpha value is -1.46. The van der Waals surface area contributed by atoms with Crippen LogP contribution >= 0.6 is 0 Å². The van der Waals surface area contributed by atoms with Crippen LogP contribution in [0.2, 0.25) is 0 Å². The van der Waals surface area contributed by atoms with Gasteiger partial charge < -0.3 is 19.3 Å². The quantitative estimate of drug-likeness (QED) is 0.780. The lowest BCUT2D eigenvalue weighted by molar-refractivity contribution is 0.00861. The van der Waals surface area contributed by atoms with E-state index in [1.165, 1.54) is 0 Å². The monoisotopic (exact) mass is 328 g/mol. The number of amides is 2. The van der Waals surface area contributed by atoms with Crippen molar-refractivity contribution in [1.82, 2.24) is 9.80 Å². The van der Waals surface area contributed by atoms with Crippen molar-refractivity contribution in [3.8, 4) is 0 Å². The standard InChI is InChI=1S/C17H32N2O4/c1-13(17(5,6)7)23-15(21)19-10-8-18(9-11-19)14(20)22-12-16(2,3)4/h13H,8-12H2,1-7H3. The molecule has 1 heterocycles. The first kappa shape index (κ1) is 19.6. The average Bonchev–Trinajstić information content (AvgIpc) is 2.43. The van der Waals surface area contributed by atoms with E-state index in [2.05, 4.69) is 0 Å². The minimum atomic E-state index is -0.310. The second-order valence-electron chi connectivity index (χ2n) is 8.48. The van der Waals surface area contributed by atoms with Crippen LogP contribution < -0.4 is 0 Å². The topological polar surface area (TPSA) is 59.1 Å². The predicted molar refractivity (Wildman–Crippen MR) is 89.3 cm³/mol. The van der Waals surface area contributed by atoms with Crippen molar-refractivity contribution < 1.29 is 19.1 Å². The fourth-order valence-corrected chi connectivity index (χ4v) is 1.84. The zero-order chi connectivity index (χ0) is 17.8. The molecule has 0 aromatic rings. The van der Waals surface area contributed by atoms with Crippen molar-refractivity contribution in [3.63, 3.8) is 0 Å². The Morgan fingerprint density at radius 3 is 1.74 bits per heavy atom.